The van der Waals surface area contributed by atoms with Crippen LogP contribution in [0.5, 0.6) is 0 Å². The quantitative estimate of drug-likeness (QED) is 0.714. The number of benzene rings is 1. The smallest absolute Gasteiger partial charge is 0.407 e. The first-order valence-electron chi connectivity index (χ1n) is 9.34. The maximum absolute atomic E-state index is 11.7. The molecule has 0 saturated heterocycles. The van der Waals surface area contributed by atoms with Gasteiger partial charge < -0.3 is 15.4 Å². The number of hydrogen-bond acceptors (Lipinski definition) is 3. The molecule has 25 heavy (non-hydrogen) atoms. The molecule has 0 heterocycles. The number of ether oxygens (including phenoxy) is 1. The molecule has 0 aliphatic carbocycles. The molecule has 1 aromatic rings. The average Bonchev–Trinajstić information content (AvgIpc) is 2.48. The van der Waals surface area contributed by atoms with Crippen molar-refractivity contribution in [1.29, 1.82) is 0 Å². The van der Waals surface area contributed by atoms with Gasteiger partial charge >= 0.3 is 6.09 Å². The summed E-state index contributed by atoms with van der Waals surface area (Å²) >= 11 is 0. The van der Waals surface area contributed by atoms with E-state index in [9.17, 15) is 4.79 Å². The third-order valence-corrected chi connectivity index (χ3v) is 4.28. The van der Waals surface area contributed by atoms with Crippen molar-refractivity contribution in [2.45, 2.75) is 67.2 Å². The van der Waals surface area contributed by atoms with E-state index in [0.717, 1.165) is 18.7 Å². The molecule has 1 aromatic carbocycles. The second-order valence-corrected chi connectivity index (χ2v) is 8.45. The van der Waals surface area contributed by atoms with E-state index in [-0.39, 0.29) is 6.09 Å². The van der Waals surface area contributed by atoms with Crippen LogP contribution in [-0.2, 0) is 17.8 Å². The van der Waals surface area contributed by atoms with Crippen molar-refractivity contribution in [2.24, 2.45) is 17.8 Å². The second kappa shape index (κ2) is 9.81. The predicted molar refractivity (Wildman–Crippen MR) is 104 cm³/mol. The SMILES string of the molecule is CC(C)C(CNCc1ccc(CNC(=O)OC(C)(C)C)cc1)C(C)C. The minimum absolute atomic E-state index is 0.383. The highest BCUT2D eigenvalue weighted by Gasteiger charge is 2.17. The topological polar surface area (TPSA) is 50.4 Å². The van der Waals surface area contributed by atoms with Gasteiger partial charge in [-0.1, -0.05) is 52.0 Å². The van der Waals surface area contributed by atoms with Gasteiger partial charge in [0.15, 0.2) is 0 Å². The summed E-state index contributed by atoms with van der Waals surface area (Å²) in [7, 11) is 0. The van der Waals surface area contributed by atoms with Gasteiger partial charge in [-0.2, -0.15) is 0 Å². The Hall–Kier alpha value is -1.55. The van der Waals surface area contributed by atoms with Crippen LogP contribution < -0.4 is 10.6 Å². The van der Waals surface area contributed by atoms with E-state index >= 15 is 0 Å². The standard InChI is InChI=1S/C21H36N2O2/c1-15(2)19(16(3)4)14-22-12-17-8-10-18(11-9-17)13-23-20(24)25-21(5,6)7/h8-11,15-16,19,22H,12-14H2,1-7H3,(H,23,24). The monoisotopic (exact) mass is 348 g/mol. The zero-order valence-corrected chi connectivity index (χ0v) is 17.0. The molecular weight excluding hydrogens is 312 g/mol. The van der Waals surface area contributed by atoms with Gasteiger partial charge in [0.05, 0.1) is 0 Å². The van der Waals surface area contributed by atoms with Crippen LogP contribution in [0.4, 0.5) is 4.79 Å². The number of carbonyl (C=O) groups is 1. The van der Waals surface area contributed by atoms with Crippen molar-refractivity contribution < 1.29 is 9.53 Å². The van der Waals surface area contributed by atoms with Crippen molar-refractivity contribution in [1.82, 2.24) is 10.6 Å². The van der Waals surface area contributed by atoms with Gasteiger partial charge in [-0.05, 0) is 56.2 Å². The Bertz CT molecular complexity index is 508. The molecule has 0 aliphatic rings. The third kappa shape index (κ3) is 8.92. The average molecular weight is 349 g/mol. The molecule has 4 nitrogen and oxygen atoms in total. The number of nitrogens with one attached hydrogen (secondary N) is 2. The van der Waals surface area contributed by atoms with Gasteiger partial charge in [0.1, 0.15) is 5.60 Å². The highest BCUT2D eigenvalue weighted by atomic mass is 16.6. The fraction of sp³-hybridized carbons (Fsp3) is 0.667. The van der Waals surface area contributed by atoms with E-state index < -0.39 is 5.60 Å². The van der Waals surface area contributed by atoms with Gasteiger partial charge in [0.2, 0.25) is 0 Å². The highest BCUT2D eigenvalue weighted by Crippen LogP contribution is 2.19. The fourth-order valence-electron chi connectivity index (χ4n) is 2.89. The largest absolute Gasteiger partial charge is 0.444 e. The second-order valence-electron chi connectivity index (χ2n) is 8.45. The summed E-state index contributed by atoms with van der Waals surface area (Å²) in [5.74, 6) is 2.07. The van der Waals surface area contributed by atoms with Crippen LogP contribution in [0.3, 0.4) is 0 Å². The summed E-state index contributed by atoms with van der Waals surface area (Å²) in [6.45, 7) is 17.1. The molecule has 0 spiro atoms. The Morgan fingerprint density at radius 2 is 1.44 bits per heavy atom. The summed E-state index contributed by atoms with van der Waals surface area (Å²) in [5, 5.41) is 6.35. The lowest BCUT2D eigenvalue weighted by Crippen LogP contribution is -2.32. The molecule has 0 saturated carbocycles. The molecule has 0 aliphatic heterocycles. The number of carbonyl (C=O) groups excluding carboxylic acids is 1. The summed E-state index contributed by atoms with van der Waals surface area (Å²) < 4.78 is 5.24. The molecule has 142 valence electrons. The van der Waals surface area contributed by atoms with Crippen LogP contribution in [0.25, 0.3) is 0 Å². The summed E-state index contributed by atoms with van der Waals surface area (Å²) in [5.41, 5.74) is 1.85. The Kier molecular flexibility index (Phi) is 8.43. The van der Waals surface area contributed by atoms with E-state index in [0.29, 0.717) is 24.3 Å². The van der Waals surface area contributed by atoms with E-state index in [1.54, 1.807) is 0 Å². The molecule has 0 atom stereocenters. The van der Waals surface area contributed by atoms with Crippen LogP contribution >= 0.6 is 0 Å². The normalized spacial score (nSPS) is 12.1. The lowest BCUT2D eigenvalue weighted by molar-refractivity contribution is 0.0523. The van der Waals surface area contributed by atoms with Crippen molar-refractivity contribution in [3.05, 3.63) is 35.4 Å². The van der Waals surface area contributed by atoms with Crippen molar-refractivity contribution in [3.8, 4) is 0 Å². The minimum atomic E-state index is -0.469. The van der Waals surface area contributed by atoms with Gasteiger partial charge in [-0.15, -0.1) is 0 Å². The van der Waals surface area contributed by atoms with Gasteiger partial charge in [-0.3, -0.25) is 0 Å². The third-order valence-electron chi connectivity index (χ3n) is 4.28. The molecule has 0 radical (unpaired) electrons. The molecule has 0 fully saturated rings. The van der Waals surface area contributed by atoms with E-state index in [1.807, 2.05) is 20.8 Å². The first-order valence-corrected chi connectivity index (χ1v) is 9.34. The molecule has 0 aromatic heterocycles. The molecule has 1 amide bonds. The Morgan fingerprint density at radius 3 is 1.88 bits per heavy atom. The van der Waals surface area contributed by atoms with Gasteiger partial charge in [-0.25, -0.2) is 4.79 Å². The molecule has 0 bridgehead atoms. The molecule has 0 unspecified atom stereocenters. The Morgan fingerprint density at radius 1 is 0.960 bits per heavy atom. The van der Waals surface area contributed by atoms with E-state index in [1.165, 1.54) is 5.56 Å². The number of amides is 1. The van der Waals surface area contributed by atoms with E-state index in [2.05, 4.69) is 62.6 Å². The Balaban J connectivity index is 2.40. The fourth-order valence-corrected chi connectivity index (χ4v) is 2.89. The van der Waals surface area contributed by atoms with Crippen LogP contribution in [-0.4, -0.2) is 18.2 Å². The zero-order chi connectivity index (χ0) is 19.0. The summed E-state index contributed by atoms with van der Waals surface area (Å²) in [4.78, 5) is 11.7. The molecule has 2 N–H and O–H groups in total. The highest BCUT2D eigenvalue weighted by molar-refractivity contribution is 5.67. The van der Waals surface area contributed by atoms with E-state index in [4.69, 9.17) is 4.74 Å². The van der Waals surface area contributed by atoms with Crippen LogP contribution in [0, 0.1) is 17.8 Å². The predicted octanol–water partition coefficient (Wildman–Crippen LogP) is 4.73. The Labute approximate surface area is 153 Å². The molecular formula is C21H36N2O2. The zero-order valence-electron chi connectivity index (χ0n) is 17.0. The number of alkyl carbamates (subject to hydrolysis) is 1. The van der Waals surface area contributed by atoms with Crippen LogP contribution in [0.15, 0.2) is 24.3 Å². The summed E-state index contributed by atoms with van der Waals surface area (Å²) in [6.07, 6.45) is -0.383. The van der Waals surface area contributed by atoms with Crippen molar-refractivity contribution in [2.75, 3.05) is 6.54 Å². The lowest BCUT2D eigenvalue weighted by atomic mass is 9.85. The lowest BCUT2D eigenvalue weighted by Gasteiger charge is -2.25. The van der Waals surface area contributed by atoms with Crippen LogP contribution in [0.1, 0.15) is 59.6 Å². The van der Waals surface area contributed by atoms with Gasteiger partial charge in [0.25, 0.3) is 0 Å². The first kappa shape index (κ1) is 21.5. The maximum Gasteiger partial charge on any atom is 0.407 e. The number of hydrogen-bond donors (Lipinski definition) is 2. The van der Waals surface area contributed by atoms with Crippen molar-refractivity contribution >= 4 is 6.09 Å². The van der Waals surface area contributed by atoms with Gasteiger partial charge in [0, 0.05) is 13.1 Å². The van der Waals surface area contributed by atoms with Crippen LogP contribution in [0.2, 0.25) is 0 Å². The maximum atomic E-state index is 11.7. The van der Waals surface area contributed by atoms with Crippen molar-refractivity contribution in [3.63, 3.8) is 0 Å². The molecule has 1 rings (SSSR count). The molecule has 4 heteroatoms. The first-order chi connectivity index (χ1) is 11.6. The number of rotatable bonds is 8. The summed E-state index contributed by atoms with van der Waals surface area (Å²) in [6, 6.07) is 8.32. The minimum Gasteiger partial charge on any atom is -0.444 e.